The Morgan fingerprint density at radius 2 is 1.64 bits per heavy atom. The van der Waals surface area contributed by atoms with E-state index in [1.807, 2.05) is 0 Å². The van der Waals surface area contributed by atoms with Crippen molar-refractivity contribution in [1.29, 1.82) is 5.26 Å². The van der Waals surface area contributed by atoms with Crippen LogP contribution in [0.15, 0.2) is 74.5 Å². The first-order valence-corrected chi connectivity index (χ1v) is 11.2. The zero-order valence-corrected chi connectivity index (χ0v) is 20.6. The Bertz CT molecular complexity index is 1500. The number of aliphatic imine (C=N–C) groups is 1. The summed E-state index contributed by atoms with van der Waals surface area (Å²) in [5, 5.41) is 31.6. The van der Waals surface area contributed by atoms with Gasteiger partial charge < -0.3 is 19.0 Å². The van der Waals surface area contributed by atoms with Crippen LogP contribution in [0.4, 0.5) is 11.6 Å². The van der Waals surface area contributed by atoms with Gasteiger partial charge in [-0.3, -0.25) is 10.1 Å². The van der Waals surface area contributed by atoms with Gasteiger partial charge in [-0.25, -0.2) is 4.99 Å². The SMILES string of the molecule is COc1ccc(-c2oc(N=Cc3cc(Br)cc([N+](=O)[O-])c3O)c(C#N)c2-c2ccc(OC)cc2)cc1. The third kappa shape index (κ3) is 4.78. The molecular formula is C26H18BrN3O6. The van der Waals surface area contributed by atoms with Crippen LogP contribution >= 0.6 is 15.9 Å². The molecule has 0 saturated carbocycles. The molecule has 0 radical (unpaired) electrons. The van der Waals surface area contributed by atoms with Gasteiger partial charge in [0, 0.05) is 33.4 Å². The Labute approximate surface area is 214 Å². The summed E-state index contributed by atoms with van der Waals surface area (Å²) in [7, 11) is 3.12. The van der Waals surface area contributed by atoms with Crippen LogP contribution in [0.3, 0.4) is 0 Å². The molecule has 3 aromatic carbocycles. The highest BCUT2D eigenvalue weighted by Crippen LogP contribution is 2.43. The number of aromatic hydroxyl groups is 1. The van der Waals surface area contributed by atoms with Gasteiger partial charge in [-0.1, -0.05) is 28.1 Å². The highest BCUT2D eigenvalue weighted by molar-refractivity contribution is 9.10. The smallest absolute Gasteiger partial charge is 0.312 e. The lowest BCUT2D eigenvalue weighted by Gasteiger charge is -2.06. The van der Waals surface area contributed by atoms with Crippen LogP contribution in [-0.2, 0) is 0 Å². The lowest BCUT2D eigenvalue weighted by atomic mass is 9.98. The Kier molecular flexibility index (Phi) is 7.03. The van der Waals surface area contributed by atoms with Crippen molar-refractivity contribution >= 4 is 33.7 Å². The van der Waals surface area contributed by atoms with Gasteiger partial charge >= 0.3 is 5.69 Å². The normalized spacial score (nSPS) is 10.8. The molecular weight excluding hydrogens is 530 g/mol. The molecule has 1 heterocycles. The zero-order valence-electron chi connectivity index (χ0n) is 19.1. The third-order valence-electron chi connectivity index (χ3n) is 5.33. The molecule has 1 N–H and O–H groups in total. The van der Waals surface area contributed by atoms with E-state index in [0.29, 0.717) is 38.4 Å². The second-order valence-corrected chi connectivity index (χ2v) is 8.35. The molecule has 4 aromatic rings. The first-order chi connectivity index (χ1) is 17.4. The summed E-state index contributed by atoms with van der Waals surface area (Å²) in [4.78, 5) is 14.8. The molecule has 0 atom stereocenters. The molecule has 0 unspecified atom stereocenters. The molecule has 36 heavy (non-hydrogen) atoms. The topological polar surface area (TPSA) is 131 Å². The number of hydrogen-bond acceptors (Lipinski definition) is 8. The quantitative estimate of drug-likeness (QED) is 0.156. The fourth-order valence-corrected chi connectivity index (χ4v) is 4.03. The van der Waals surface area contributed by atoms with Crippen LogP contribution in [-0.4, -0.2) is 30.5 Å². The van der Waals surface area contributed by atoms with Crippen LogP contribution in [0, 0.1) is 21.4 Å². The number of hydrogen-bond donors (Lipinski definition) is 1. The largest absolute Gasteiger partial charge is 0.502 e. The second-order valence-electron chi connectivity index (χ2n) is 7.43. The Hall–Kier alpha value is -4.62. The number of ether oxygens (including phenoxy) is 2. The van der Waals surface area contributed by atoms with E-state index in [0.717, 1.165) is 0 Å². The van der Waals surface area contributed by atoms with Crippen LogP contribution in [0.25, 0.3) is 22.5 Å². The number of nitro benzene ring substituents is 1. The van der Waals surface area contributed by atoms with E-state index < -0.39 is 16.4 Å². The number of benzene rings is 3. The van der Waals surface area contributed by atoms with Crippen molar-refractivity contribution in [3.8, 4) is 45.8 Å². The molecule has 0 fully saturated rings. The van der Waals surface area contributed by atoms with Gasteiger partial charge in [0.15, 0.2) is 0 Å². The van der Waals surface area contributed by atoms with E-state index in [1.54, 1.807) is 62.8 Å². The van der Waals surface area contributed by atoms with Gasteiger partial charge in [0.1, 0.15) is 28.9 Å². The number of furan rings is 1. The van der Waals surface area contributed by atoms with Crippen LogP contribution < -0.4 is 9.47 Å². The van der Waals surface area contributed by atoms with Crippen molar-refractivity contribution in [2.24, 2.45) is 4.99 Å². The first-order valence-electron chi connectivity index (χ1n) is 10.4. The molecule has 10 heteroatoms. The van der Waals surface area contributed by atoms with Crippen molar-refractivity contribution < 1.29 is 23.9 Å². The minimum absolute atomic E-state index is 0.0174. The van der Waals surface area contributed by atoms with Crippen LogP contribution in [0.2, 0.25) is 0 Å². The minimum Gasteiger partial charge on any atom is -0.502 e. The summed E-state index contributed by atoms with van der Waals surface area (Å²) >= 11 is 3.20. The highest BCUT2D eigenvalue weighted by atomic mass is 79.9. The van der Waals surface area contributed by atoms with Crippen molar-refractivity contribution in [2.75, 3.05) is 14.2 Å². The summed E-state index contributed by atoms with van der Waals surface area (Å²) in [6.07, 6.45) is 1.21. The van der Waals surface area contributed by atoms with Crippen LogP contribution in [0.5, 0.6) is 17.2 Å². The summed E-state index contributed by atoms with van der Waals surface area (Å²) in [6, 6.07) is 19.1. The lowest BCUT2D eigenvalue weighted by molar-refractivity contribution is -0.385. The maximum atomic E-state index is 11.3. The van der Waals surface area contributed by atoms with Gasteiger partial charge in [0.05, 0.1) is 19.1 Å². The Morgan fingerprint density at radius 1 is 1.06 bits per heavy atom. The number of nitro groups is 1. The fourth-order valence-electron chi connectivity index (χ4n) is 3.56. The average molecular weight is 548 g/mol. The summed E-state index contributed by atoms with van der Waals surface area (Å²) in [5.41, 5.74) is 1.65. The number of phenolic OH excluding ortho intramolecular Hbond substituents is 1. The maximum absolute atomic E-state index is 11.3. The number of nitrogens with zero attached hydrogens (tertiary/aromatic N) is 3. The molecule has 4 rings (SSSR count). The molecule has 0 amide bonds. The molecule has 0 aliphatic rings. The molecule has 9 nitrogen and oxygen atoms in total. The van der Waals surface area contributed by atoms with E-state index in [2.05, 4.69) is 27.0 Å². The van der Waals surface area contributed by atoms with E-state index in [9.17, 15) is 20.5 Å². The van der Waals surface area contributed by atoms with E-state index in [4.69, 9.17) is 13.9 Å². The van der Waals surface area contributed by atoms with E-state index in [-0.39, 0.29) is 17.0 Å². The van der Waals surface area contributed by atoms with Crippen molar-refractivity contribution in [2.45, 2.75) is 0 Å². The summed E-state index contributed by atoms with van der Waals surface area (Å²) < 4.78 is 16.9. The Balaban J connectivity index is 1.89. The first kappa shape index (κ1) is 24.5. The molecule has 180 valence electrons. The van der Waals surface area contributed by atoms with Gasteiger partial charge in [-0.15, -0.1) is 0 Å². The van der Waals surface area contributed by atoms with Gasteiger partial charge in [-0.05, 0) is 48.0 Å². The highest BCUT2D eigenvalue weighted by Gasteiger charge is 2.24. The van der Waals surface area contributed by atoms with Crippen molar-refractivity contribution in [1.82, 2.24) is 0 Å². The van der Waals surface area contributed by atoms with E-state index in [1.165, 1.54) is 18.3 Å². The number of nitriles is 1. The van der Waals surface area contributed by atoms with Crippen molar-refractivity contribution in [3.05, 3.63) is 86.4 Å². The molecule has 0 bridgehead atoms. The molecule has 0 aliphatic heterocycles. The standard InChI is InChI=1S/C26H18BrN3O6/c1-34-19-7-3-15(4-8-19)23-21(13-28)26(36-25(23)16-5-9-20(35-2)10-6-16)29-14-17-11-18(27)12-22(24(17)31)30(32)33/h3-12,14,31H,1-2H3. The third-order valence-corrected chi connectivity index (χ3v) is 5.79. The fraction of sp³-hybridized carbons (Fsp3) is 0.0769. The number of rotatable bonds is 7. The number of methoxy groups -OCH3 is 2. The number of halogens is 1. The monoisotopic (exact) mass is 547 g/mol. The molecule has 0 saturated heterocycles. The predicted octanol–water partition coefficient (Wildman–Crippen LogP) is 6.63. The Morgan fingerprint density at radius 3 is 2.17 bits per heavy atom. The van der Waals surface area contributed by atoms with Crippen LogP contribution in [0.1, 0.15) is 11.1 Å². The molecule has 0 aliphatic carbocycles. The average Bonchev–Trinajstić information content (AvgIpc) is 3.27. The molecule has 0 spiro atoms. The van der Waals surface area contributed by atoms with E-state index >= 15 is 0 Å². The second kappa shape index (κ2) is 10.3. The summed E-state index contributed by atoms with van der Waals surface area (Å²) in [6.45, 7) is 0. The lowest BCUT2D eigenvalue weighted by Crippen LogP contribution is -1.92. The number of phenols is 1. The predicted molar refractivity (Wildman–Crippen MR) is 137 cm³/mol. The molecule has 1 aromatic heterocycles. The van der Waals surface area contributed by atoms with Gasteiger partial charge in [0.25, 0.3) is 0 Å². The minimum atomic E-state index is -0.700. The van der Waals surface area contributed by atoms with Crippen molar-refractivity contribution in [3.63, 3.8) is 0 Å². The maximum Gasteiger partial charge on any atom is 0.312 e. The van der Waals surface area contributed by atoms with Gasteiger partial charge in [0.2, 0.25) is 11.6 Å². The van der Waals surface area contributed by atoms with Gasteiger partial charge in [-0.2, -0.15) is 5.26 Å². The zero-order chi connectivity index (χ0) is 25.8. The summed E-state index contributed by atoms with van der Waals surface area (Å²) in [5.74, 6) is 1.13.